The lowest BCUT2D eigenvalue weighted by Crippen LogP contribution is -2.29. The second kappa shape index (κ2) is 8.59. The number of rotatable bonds is 4. The zero-order valence-electron chi connectivity index (χ0n) is 18.0. The fraction of sp³-hybridized carbons (Fsp3) is 0.167. The molecule has 7 nitrogen and oxygen atoms in total. The van der Waals surface area contributed by atoms with Crippen LogP contribution in [0.2, 0.25) is 0 Å². The molecule has 168 valence electrons. The van der Waals surface area contributed by atoms with E-state index >= 15 is 0 Å². The van der Waals surface area contributed by atoms with Crippen LogP contribution in [0.1, 0.15) is 38.1 Å². The van der Waals surface area contributed by atoms with Gasteiger partial charge in [0.1, 0.15) is 16.5 Å². The van der Waals surface area contributed by atoms with Gasteiger partial charge in [0.2, 0.25) is 0 Å². The summed E-state index contributed by atoms with van der Waals surface area (Å²) in [6.45, 7) is 3.49. The van der Waals surface area contributed by atoms with E-state index in [-0.39, 0.29) is 21.1 Å². The molecule has 2 heterocycles. The van der Waals surface area contributed by atoms with Gasteiger partial charge in [-0.05, 0) is 43.7 Å². The third-order valence-electron chi connectivity index (χ3n) is 5.32. The fourth-order valence-electron chi connectivity index (χ4n) is 3.62. The first-order valence-electron chi connectivity index (χ1n) is 9.92. The molecule has 1 atom stereocenters. The number of carbonyl (C=O) groups excluding carboxylic acids is 3. The predicted molar refractivity (Wildman–Crippen MR) is 121 cm³/mol. The van der Waals surface area contributed by atoms with Crippen molar-refractivity contribution in [2.75, 3.05) is 12.0 Å². The summed E-state index contributed by atoms with van der Waals surface area (Å²) in [6, 6.07) is 11.1. The monoisotopic (exact) mass is 466 g/mol. The largest absolute Gasteiger partial charge is 0.507 e. The first kappa shape index (κ1) is 22.3. The van der Waals surface area contributed by atoms with Gasteiger partial charge in [-0.25, -0.2) is 14.2 Å². The number of benzene rings is 2. The maximum Gasteiger partial charge on any atom is 0.350 e. The number of ketones is 1. The highest BCUT2D eigenvalue weighted by Gasteiger charge is 2.48. The Morgan fingerprint density at radius 1 is 1.09 bits per heavy atom. The summed E-state index contributed by atoms with van der Waals surface area (Å²) in [7, 11) is 1.24. The highest BCUT2D eigenvalue weighted by atomic mass is 32.1. The molecule has 3 aromatic rings. The summed E-state index contributed by atoms with van der Waals surface area (Å²) < 4.78 is 18.2. The van der Waals surface area contributed by atoms with Crippen molar-refractivity contribution in [2.45, 2.75) is 19.9 Å². The van der Waals surface area contributed by atoms with Crippen molar-refractivity contribution < 1.29 is 28.6 Å². The van der Waals surface area contributed by atoms with E-state index in [0.717, 1.165) is 29.0 Å². The molecule has 1 aliphatic heterocycles. The van der Waals surface area contributed by atoms with Crippen molar-refractivity contribution in [1.29, 1.82) is 0 Å². The number of thiazole rings is 1. The molecule has 9 heteroatoms. The predicted octanol–water partition coefficient (Wildman–Crippen LogP) is 4.31. The second-order valence-electron chi connectivity index (χ2n) is 7.49. The maximum absolute atomic E-state index is 13.4. The molecule has 0 bridgehead atoms. The summed E-state index contributed by atoms with van der Waals surface area (Å²) >= 11 is 0.922. The van der Waals surface area contributed by atoms with Crippen LogP contribution in [0.4, 0.5) is 9.52 Å². The first-order chi connectivity index (χ1) is 15.7. The van der Waals surface area contributed by atoms with Gasteiger partial charge in [-0.2, -0.15) is 0 Å². The van der Waals surface area contributed by atoms with Crippen molar-refractivity contribution in [3.63, 3.8) is 0 Å². The number of aryl methyl sites for hydroxylation is 2. The number of amides is 1. The quantitative estimate of drug-likeness (QED) is 0.266. The van der Waals surface area contributed by atoms with Crippen molar-refractivity contribution >= 4 is 39.9 Å². The van der Waals surface area contributed by atoms with Crippen LogP contribution >= 0.6 is 11.3 Å². The number of carbonyl (C=O) groups is 3. The lowest BCUT2D eigenvalue weighted by Gasteiger charge is -2.23. The van der Waals surface area contributed by atoms with Crippen LogP contribution in [-0.4, -0.2) is 34.9 Å². The number of halogens is 1. The van der Waals surface area contributed by atoms with Gasteiger partial charge in [0.05, 0.1) is 24.4 Å². The molecule has 1 fully saturated rings. The lowest BCUT2D eigenvalue weighted by atomic mass is 9.95. The molecule has 1 saturated heterocycles. The Morgan fingerprint density at radius 2 is 1.73 bits per heavy atom. The molecular formula is C24H19FN2O5S. The number of nitrogens with zero attached hydrogens (tertiary/aromatic N) is 2. The van der Waals surface area contributed by atoms with E-state index in [1.54, 1.807) is 19.1 Å². The molecule has 1 N–H and O–H groups in total. The second-order valence-corrected chi connectivity index (χ2v) is 8.47. The molecule has 4 rings (SSSR count). The third-order valence-corrected chi connectivity index (χ3v) is 6.45. The van der Waals surface area contributed by atoms with Gasteiger partial charge >= 0.3 is 11.9 Å². The average Bonchev–Trinajstić information content (AvgIpc) is 3.31. The van der Waals surface area contributed by atoms with Gasteiger partial charge in [-0.3, -0.25) is 14.5 Å². The van der Waals surface area contributed by atoms with Gasteiger partial charge < -0.3 is 9.84 Å². The van der Waals surface area contributed by atoms with Crippen LogP contribution in [0.15, 0.2) is 54.1 Å². The van der Waals surface area contributed by atoms with Crippen molar-refractivity contribution in [3.05, 3.63) is 87.2 Å². The minimum atomic E-state index is -0.994. The highest BCUT2D eigenvalue weighted by Crippen LogP contribution is 2.43. The number of Topliss-reactive ketones (excluding diaryl/α,β-unsaturated/α-hetero) is 1. The number of esters is 1. The van der Waals surface area contributed by atoms with Crippen LogP contribution in [0.3, 0.4) is 0 Å². The molecule has 33 heavy (non-hydrogen) atoms. The molecule has 1 amide bonds. The van der Waals surface area contributed by atoms with Gasteiger partial charge in [-0.1, -0.05) is 41.2 Å². The van der Waals surface area contributed by atoms with Crippen LogP contribution in [-0.2, 0) is 14.3 Å². The number of methoxy groups -OCH3 is 1. The Morgan fingerprint density at radius 3 is 2.33 bits per heavy atom. The fourth-order valence-corrected chi connectivity index (χ4v) is 4.64. The standard InChI is InChI=1S/C24H19FN2O5S/c1-12-4-6-14(7-5-12)18-17(19(28)15-8-10-16(25)11-9-15)20(29)22(30)27(18)24-26-13(2)21(33-24)23(31)32-3/h4-11,18,28H,1-3H3/t18-/m1/s1. The van der Waals surface area contributed by atoms with Gasteiger partial charge in [0.15, 0.2) is 5.13 Å². The molecule has 0 saturated carbocycles. The van der Waals surface area contributed by atoms with Crippen molar-refractivity contribution in [1.82, 2.24) is 4.98 Å². The van der Waals surface area contributed by atoms with E-state index in [2.05, 4.69) is 4.98 Å². The lowest BCUT2D eigenvalue weighted by molar-refractivity contribution is -0.132. The Labute approximate surface area is 192 Å². The Balaban J connectivity index is 1.93. The van der Waals surface area contributed by atoms with Crippen LogP contribution < -0.4 is 4.90 Å². The molecule has 0 aliphatic carbocycles. The first-order valence-corrected chi connectivity index (χ1v) is 10.7. The van der Waals surface area contributed by atoms with Crippen LogP contribution in [0.25, 0.3) is 5.76 Å². The summed E-state index contributed by atoms with van der Waals surface area (Å²) in [5, 5.41) is 11.1. The molecule has 0 unspecified atom stereocenters. The average molecular weight is 466 g/mol. The summed E-state index contributed by atoms with van der Waals surface area (Å²) in [5.74, 6) is -3.34. The molecule has 1 aromatic heterocycles. The zero-order chi connectivity index (χ0) is 23.9. The molecule has 0 radical (unpaired) electrons. The SMILES string of the molecule is COC(=O)c1sc(N2C(=O)C(=O)C(=C(O)c3ccc(F)cc3)[C@H]2c2ccc(C)cc2)nc1C. The minimum absolute atomic E-state index is 0.124. The topological polar surface area (TPSA) is 96.8 Å². The van der Waals surface area contributed by atoms with E-state index in [1.807, 2.05) is 19.1 Å². The number of aromatic nitrogens is 1. The number of ether oxygens (including phenoxy) is 1. The summed E-state index contributed by atoms with van der Waals surface area (Å²) in [6.07, 6.45) is 0. The van der Waals surface area contributed by atoms with Gasteiger partial charge in [-0.15, -0.1) is 0 Å². The summed E-state index contributed by atoms with van der Waals surface area (Å²) in [4.78, 5) is 44.0. The number of aliphatic hydroxyl groups is 1. The number of anilines is 1. The number of aliphatic hydroxyl groups excluding tert-OH is 1. The van der Waals surface area contributed by atoms with Crippen molar-refractivity contribution in [2.24, 2.45) is 0 Å². The van der Waals surface area contributed by atoms with E-state index < -0.39 is 35.3 Å². The van der Waals surface area contributed by atoms with E-state index in [4.69, 9.17) is 4.74 Å². The van der Waals surface area contributed by atoms with Gasteiger partial charge in [0.25, 0.3) is 5.78 Å². The van der Waals surface area contributed by atoms with E-state index in [9.17, 15) is 23.9 Å². The molecule has 1 aliphatic rings. The Hall–Kier alpha value is -3.85. The number of hydrogen-bond donors (Lipinski definition) is 1. The Kier molecular flexibility index (Phi) is 5.82. The molecular weight excluding hydrogens is 447 g/mol. The number of hydrogen-bond acceptors (Lipinski definition) is 7. The molecule has 2 aromatic carbocycles. The third kappa shape index (κ3) is 3.91. The van der Waals surface area contributed by atoms with E-state index in [1.165, 1.54) is 24.1 Å². The zero-order valence-corrected chi connectivity index (χ0v) is 18.8. The minimum Gasteiger partial charge on any atom is -0.507 e. The highest BCUT2D eigenvalue weighted by molar-refractivity contribution is 7.17. The van der Waals surface area contributed by atoms with Crippen LogP contribution in [0.5, 0.6) is 0 Å². The van der Waals surface area contributed by atoms with Crippen LogP contribution in [0, 0.1) is 19.7 Å². The van der Waals surface area contributed by atoms with Crippen molar-refractivity contribution in [3.8, 4) is 0 Å². The van der Waals surface area contributed by atoms with E-state index in [0.29, 0.717) is 11.3 Å². The smallest absolute Gasteiger partial charge is 0.350 e. The molecule has 0 spiro atoms. The summed E-state index contributed by atoms with van der Waals surface area (Å²) in [5.41, 5.74) is 1.92. The Bertz CT molecular complexity index is 1300. The normalized spacial score (nSPS) is 17.5. The maximum atomic E-state index is 13.4. The van der Waals surface area contributed by atoms with Gasteiger partial charge in [0, 0.05) is 5.56 Å².